The summed E-state index contributed by atoms with van der Waals surface area (Å²) >= 11 is 0. The molecule has 0 spiro atoms. The highest BCUT2D eigenvalue weighted by Crippen LogP contribution is 2.32. The Morgan fingerprint density at radius 2 is 2.04 bits per heavy atom. The van der Waals surface area contributed by atoms with Gasteiger partial charge in [-0.1, -0.05) is 25.0 Å². The van der Waals surface area contributed by atoms with Gasteiger partial charge in [0.05, 0.1) is 19.1 Å². The predicted octanol–water partition coefficient (Wildman–Crippen LogP) is 2.67. The van der Waals surface area contributed by atoms with Crippen molar-refractivity contribution < 1.29 is 23.8 Å². The van der Waals surface area contributed by atoms with Crippen molar-refractivity contribution in [1.29, 1.82) is 0 Å². The van der Waals surface area contributed by atoms with E-state index in [2.05, 4.69) is 5.32 Å². The molecule has 1 amide bonds. The van der Waals surface area contributed by atoms with Crippen molar-refractivity contribution in [1.82, 2.24) is 5.32 Å². The van der Waals surface area contributed by atoms with E-state index in [9.17, 15) is 14.0 Å². The number of carboxylic acids is 1. The number of ether oxygens (including phenoxy) is 1. The van der Waals surface area contributed by atoms with Crippen LogP contribution in [0.3, 0.4) is 0 Å². The Morgan fingerprint density at radius 3 is 2.65 bits per heavy atom. The molecule has 23 heavy (non-hydrogen) atoms. The second kappa shape index (κ2) is 7.44. The fourth-order valence-electron chi connectivity index (χ4n) is 3.20. The molecule has 1 aliphatic carbocycles. The molecule has 0 bridgehead atoms. The number of aliphatic carboxylic acids is 1. The summed E-state index contributed by atoms with van der Waals surface area (Å²) < 4.78 is 19.0. The lowest BCUT2D eigenvalue weighted by atomic mass is 9.92. The zero-order valence-corrected chi connectivity index (χ0v) is 13.2. The predicted molar refractivity (Wildman–Crippen MR) is 82.9 cm³/mol. The lowest BCUT2D eigenvalue weighted by Gasteiger charge is -2.28. The molecule has 126 valence electrons. The molecule has 2 rings (SSSR count). The summed E-state index contributed by atoms with van der Waals surface area (Å²) in [4.78, 5) is 23.2. The van der Waals surface area contributed by atoms with Gasteiger partial charge in [-0.2, -0.15) is 0 Å². The molecule has 1 fully saturated rings. The van der Waals surface area contributed by atoms with Crippen LogP contribution in [-0.2, 0) is 16.0 Å². The summed E-state index contributed by atoms with van der Waals surface area (Å²) in [6.07, 6.45) is 3.49. The van der Waals surface area contributed by atoms with Crippen LogP contribution in [0.15, 0.2) is 18.2 Å². The average Bonchev–Trinajstić information content (AvgIpc) is 2.93. The van der Waals surface area contributed by atoms with Crippen LogP contribution in [0.2, 0.25) is 0 Å². The molecule has 1 aromatic rings. The molecule has 1 aromatic carbocycles. The SMILES string of the molecule is COc1cccc(CCC(=O)NC2(CC(=O)O)CCCC2)c1F. The van der Waals surface area contributed by atoms with E-state index in [1.54, 1.807) is 12.1 Å². The third-order valence-corrected chi connectivity index (χ3v) is 4.34. The number of hydrogen-bond acceptors (Lipinski definition) is 3. The number of amides is 1. The van der Waals surface area contributed by atoms with Gasteiger partial charge in [0.1, 0.15) is 0 Å². The topological polar surface area (TPSA) is 75.6 Å². The number of nitrogens with one attached hydrogen (secondary N) is 1. The van der Waals surface area contributed by atoms with Crippen LogP contribution in [-0.4, -0.2) is 29.6 Å². The third kappa shape index (κ3) is 4.43. The van der Waals surface area contributed by atoms with E-state index in [-0.39, 0.29) is 30.9 Å². The number of rotatable bonds is 7. The van der Waals surface area contributed by atoms with Gasteiger partial charge in [-0.25, -0.2) is 4.39 Å². The maximum absolute atomic E-state index is 14.0. The number of hydrogen-bond donors (Lipinski definition) is 2. The lowest BCUT2D eigenvalue weighted by Crippen LogP contribution is -2.47. The zero-order chi connectivity index (χ0) is 16.9. The number of carboxylic acid groups (broad SMARTS) is 1. The van der Waals surface area contributed by atoms with Crippen LogP contribution in [0.5, 0.6) is 5.75 Å². The van der Waals surface area contributed by atoms with Gasteiger partial charge >= 0.3 is 5.97 Å². The van der Waals surface area contributed by atoms with Gasteiger partial charge in [0.15, 0.2) is 11.6 Å². The Morgan fingerprint density at radius 1 is 1.35 bits per heavy atom. The average molecular weight is 323 g/mol. The largest absolute Gasteiger partial charge is 0.494 e. The second-order valence-electron chi connectivity index (χ2n) is 6.04. The van der Waals surface area contributed by atoms with Crippen molar-refractivity contribution in [3.05, 3.63) is 29.6 Å². The highest BCUT2D eigenvalue weighted by atomic mass is 19.1. The molecule has 0 aromatic heterocycles. The molecule has 0 heterocycles. The number of methoxy groups -OCH3 is 1. The molecule has 1 aliphatic rings. The summed E-state index contributed by atoms with van der Waals surface area (Å²) in [5.74, 6) is -1.45. The number of aryl methyl sites for hydroxylation is 1. The van der Waals surface area contributed by atoms with Gasteiger partial charge in [-0.05, 0) is 30.9 Å². The summed E-state index contributed by atoms with van der Waals surface area (Å²) in [5.41, 5.74) is -0.228. The first kappa shape index (κ1) is 17.2. The second-order valence-corrected chi connectivity index (χ2v) is 6.04. The van der Waals surface area contributed by atoms with Crippen molar-refractivity contribution >= 4 is 11.9 Å². The molecule has 2 N–H and O–H groups in total. The van der Waals surface area contributed by atoms with Gasteiger partial charge in [-0.3, -0.25) is 9.59 Å². The molecule has 0 radical (unpaired) electrons. The minimum absolute atomic E-state index is 0.0632. The fraction of sp³-hybridized carbons (Fsp3) is 0.529. The highest BCUT2D eigenvalue weighted by molar-refractivity contribution is 5.78. The van der Waals surface area contributed by atoms with Crippen LogP contribution in [0, 0.1) is 5.82 Å². The van der Waals surface area contributed by atoms with Gasteiger partial charge in [0.2, 0.25) is 5.91 Å². The highest BCUT2D eigenvalue weighted by Gasteiger charge is 2.37. The third-order valence-electron chi connectivity index (χ3n) is 4.34. The summed E-state index contributed by atoms with van der Waals surface area (Å²) in [7, 11) is 1.39. The first-order valence-electron chi connectivity index (χ1n) is 7.80. The maximum atomic E-state index is 14.0. The normalized spacial score (nSPS) is 16.1. The number of benzene rings is 1. The Hall–Kier alpha value is -2.11. The van der Waals surface area contributed by atoms with Crippen LogP contribution >= 0.6 is 0 Å². The van der Waals surface area contributed by atoms with E-state index in [0.717, 1.165) is 12.8 Å². The number of carbonyl (C=O) groups is 2. The monoisotopic (exact) mass is 323 g/mol. The van der Waals surface area contributed by atoms with Crippen molar-refractivity contribution in [2.24, 2.45) is 0 Å². The Kier molecular flexibility index (Phi) is 5.58. The molecule has 6 heteroatoms. The summed E-state index contributed by atoms with van der Waals surface area (Å²) in [6.45, 7) is 0. The molecule has 5 nitrogen and oxygen atoms in total. The van der Waals surface area contributed by atoms with Gasteiger partial charge in [-0.15, -0.1) is 0 Å². The van der Waals surface area contributed by atoms with Crippen molar-refractivity contribution in [3.8, 4) is 5.75 Å². The fourth-order valence-corrected chi connectivity index (χ4v) is 3.20. The van der Waals surface area contributed by atoms with E-state index >= 15 is 0 Å². The van der Waals surface area contributed by atoms with Gasteiger partial charge in [0, 0.05) is 6.42 Å². The summed E-state index contributed by atoms with van der Waals surface area (Å²) in [5, 5.41) is 11.9. The molecule has 0 unspecified atom stereocenters. The van der Waals surface area contributed by atoms with Crippen LogP contribution in [0.25, 0.3) is 0 Å². The van der Waals surface area contributed by atoms with Crippen LogP contribution < -0.4 is 10.1 Å². The van der Waals surface area contributed by atoms with E-state index in [0.29, 0.717) is 18.4 Å². The first-order chi connectivity index (χ1) is 11.0. The maximum Gasteiger partial charge on any atom is 0.305 e. The van der Waals surface area contributed by atoms with E-state index in [1.165, 1.54) is 13.2 Å². The Labute approximate surface area is 134 Å². The quantitative estimate of drug-likeness (QED) is 0.809. The Balaban J connectivity index is 1.95. The van der Waals surface area contributed by atoms with Crippen molar-refractivity contribution in [3.63, 3.8) is 0 Å². The molecular weight excluding hydrogens is 301 g/mol. The van der Waals surface area contributed by atoms with E-state index in [4.69, 9.17) is 9.84 Å². The molecular formula is C17H22FNO4. The zero-order valence-electron chi connectivity index (χ0n) is 13.2. The van der Waals surface area contributed by atoms with Gasteiger partial charge in [0.25, 0.3) is 0 Å². The smallest absolute Gasteiger partial charge is 0.305 e. The van der Waals surface area contributed by atoms with Gasteiger partial charge < -0.3 is 15.2 Å². The van der Waals surface area contributed by atoms with E-state index in [1.807, 2.05) is 0 Å². The van der Waals surface area contributed by atoms with Crippen LogP contribution in [0.1, 0.15) is 44.1 Å². The number of carbonyl (C=O) groups excluding carboxylic acids is 1. The molecule has 1 saturated carbocycles. The van der Waals surface area contributed by atoms with Crippen molar-refractivity contribution in [2.45, 2.75) is 50.5 Å². The van der Waals surface area contributed by atoms with Crippen LogP contribution in [0.4, 0.5) is 4.39 Å². The molecule has 0 saturated heterocycles. The number of halogens is 1. The minimum atomic E-state index is -0.911. The Bertz CT molecular complexity index is 582. The summed E-state index contributed by atoms with van der Waals surface area (Å²) in [6, 6.07) is 4.82. The van der Waals surface area contributed by atoms with E-state index < -0.39 is 17.3 Å². The standard InChI is InChI=1S/C17H22FNO4/c1-23-13-6-4-5-12(16(13)18)7-8-14(20)19-17(11-15(21)22)9-2-3-10-17/h4-6H,2-3,7-11H2,1H3,(H,19,20)(H,21,22). The first-order valence-corrected chi connectivity index (χ1v) is 7.80. The minimum Gasteiger partial charge on any atom is -0.494 e. The van der Waals surface area contributed by atoms with Crippen molar-refractivity contribution in [2.75, 3.05) is 7.11 Å². The lowest BCUT2D eigenvalue weighted by molar-refractivity contribution is -0.139. The molecule has 0 aliphatic heterocycles. The molecule has 0 atom stereocenters.